The lowest BCUT2D eigenvalue weighted by Gasteiger charge is -2.13. The molecule has 0 saturated carbocycles. The Labute approximate surface area is 114 Å². The first-order valence-corrected chi connectivity index (χ1v) is 6.06. The number of aromatic hydroxyl groups is 1. The predicted octanol–water partition coefficient (Wildman–Crippen LogP) is 4.33. The molecule has 0 unspecified atom stereocenters. The zero-order valence-electron chi connectivity index (χ0n) is 10.8. The van der Waals surface area contributed by atoms with Crippen LogP contribution >= 0.6 is 0 Å². The maximum Gasteiger partial charge on any atom is 0.416 e. The van der Waals surface area contributed by atoms with E-state index in [1.807, 2.05) is 0 Å². The highest BCUT2D eigenvalue weighted by Crippen LogP contribution is 2.32. The van der Waals surface area contributed by atoms with E-state index in [2.05, 4.69) is 5.32 Å². The summed E-state index contributed by atoms with van der Waals surface area (Å²) in [5, 5.41) is 12.3. The highest BCUT2D eigenvalue weighted by molar-refractivity contribution is 5.53. The molecule has 0 spiro atoms. The Morgan fingerprint density at radius 3 is 2.50 bits per heavy atom. The second-order valence-electron chi connectivity index (χ2n) is 4.55. The summed E-state index contributed by atoms with van der Waals surface area (Å²) in [4.78, 5) is 0. The molecule has 0 radical (unpaired) electrons. The van der Waals surface area contributed by atoms with Crippen LogP contribution in [-0.4, -0.2) is 5.11 Å². The van der Waals surface area contributed by atoms with Gasteiger partial charge in [-0.05, 0) is 42.3 Å². The third kappa shape index (κ3) is 3.44. The van der Waals surface area contributed by atoms with E-state index in [0.29, 0.717) is 12.2 Å². The number of hydrogen-bond donors (Lipinski definition) is 2. The van der Waals surface area contributed by atoms with Crippen molar-refractivity contribution in [1.82, 2.24) is 0 Å². The van der Waals surface area contributed by atoms with Crippen molar-refractivity contribution < 1.29 is 18.3 Å². The van der Waals surface area contributed by atoms with Crippen LogP contribution in [0.25, 0.3) is 0 Å². The van der Waals surface area contributed by atoms with Crippen LogP contribution in [0.2, 0.25) is 0 Å². The Hall–Kier alpha value is -2.17. The molecule has 0 fully saturated rings. The number of alkyl halides is 3. The smallest absolute Gasteiger partial charge is 0.416 e. The first kappa shape index (κ1) is 14.2. The van der Waals surface area contributed by atoms with Gasteiger partial charge in [0, 0.05) is 12.2 Å². The molecule has 0 aliphatic carbocycles. The summed E-state index contributed by atoms with van der Waals surface area (Å²) in [5.74, 6) is 0.130. The van der Waals surface area contributed by atoms with Crippen molar-refractivity contribution in [1.29, 1.82) is 0 Å². The van der Waals surface area contributed by atoms with Crippen LogP contribution in [0, 0.1) is 6.92 Å². The van der Waals surface area contributed by atoms with E-state index in [4.69, 9.17) is 0 Å². The summed E-state index contributed by atoms with van der Waals surface area (Å²) in [6.07, 6.45) is -4.35. The fourth-order valence-corrected chi connectivity index (χ4v) is 1.85. The van der Waals surface area contributed by atoms with Gasteiger partial charge in [0.25, 0.3) is 0 Å². The Bertz CT molecular complexity index is 608. The average molecular weight is 281 g/mol. The molecule has 2 N–H and O–H groups in total. The van der Waals surface area contributed by atoms with Crippen LogP contribution in [0.1, 0.15) is 16.7 Å². The molecule has 106 valence electrons. The number of nitrogens with one attached hydrogen (secondary N) is 1. The molecule has 0 atom stereocenters. The third-order valence-corrected chi connectivity index (χ3v) is 2.96. The number of halogens is 3. The first-order valence-electron chi connectivity index (χ1n) is 6.06. The zero-order valence-corrected chi connectivity index (χ0v) is 10.8. The van der Waals surface area contributed by atoms with Gasteiger partial charge in [-0.2, -0.15) is 13.2 Å². The fraction of sp³-hybridized carbons (Fsp3) is 0.200. The molecule has 2 aromatic carbocycles. The summed E-state index contributed by atoms with van der Waals surface area (Å²) in [6, 6.07) is 10.2. The number of rotatable bonds is 3. The molecule has 2 nitrogen and oxygen atoms in total. The molecule has 2 rings (SSSR count). The van der Waals surface area contributed by atoms with Gasteiger partial charge in [-0.15, -0.1) is 0 Å². The van der Waals surface area contributed by atoms with Crippen LogP contribution in [0.4, 0.5) is 18.9 Å². The second kappa shape index (κ2) is 5.45. The van der Waals surface area contributed by atoms with Crippen molar-refractivity contribution >= 4 is 5.69 Å². The van der Waals surface area contributed by atoms with Gasteiger partial charge in [0.05, 0.1) is 5.56 Å². The van der Waals surface area contributed by atoms with Crippen LogP contribution in [-0.2, 0) is 12.7 Å². The quantitative estimate of drug-likeness (QED) is 0.877. The maximum absolute atomic E-state index is 12.7. The van der Waals surface area contributed by atoms with Crippen molar-refractivity contribution in [2.45, 2.75) is 19.6 Å². The van der Waals surface area contributed by atoms with Crippen LogP contribution in [0.3, 0.4) is 0 Å². The number of aryl methyl sites for hydroxylation is 1. The zero-order chi connectivity index (χ0) is 14.8. The lowest BCUT2D eigenvalue weighted by Crippen LogP contribution is -2.07. The first-order chi connectivity index (χ1) is 9.36. The maximum atomic E-state index is 12.7. The number of anilines is 1. The number of phenols is 1. The van der Waals surface area contributed by atoms with Crippen molar-refractivity contribution in [3.8, 4) is 5.75 Å². The molecular weight excluding hydrogens is 267 g/mol. The van der Waals surface area contributed by atoms with E-state index < -0.39 is 11.7 Å². The normalized spacial score (nSPS) is 11.4. The van der Waals surface area contributed by atoms with Gasteiger partial charge >= 0.3 is 6.18 Å². The highest BCUT2D eigenvalue weighted by atomic mass is 19.4. The lowest BCUT2D eigenvalue weighted by atomic mass is 10.1. The van der Waals surface area contributed by atoms with E-state index in [1.165, 1.54) is 6.07 Å². The molecule has 0 heterocycles. The van der Waals surface area contributed by atoms with Crippen molar-refractivity contribution in [2.24, 2.45) is 0 Å². The van der Waals surface area contributed by atoms with E-state index in [1.54, 1.807) is 31.2 Å². The number of hydrogen-bond acceptors (Lipinski definition) is 2. The van der Waals surface area contributed by atoms with Gasteiger partial charge < -0.3 is 10.4 Å². The summed E-state index contributed by atoms with van der Waals surface area (Å²) >= 11 is 0. The second-order valence-corrected chi connectivity index (χ2v) is 4.55. The molecule has 0 saturated heterocycles. The molecular formula is C15H14F3NO. The Morgan fingerprint density at radius 2 is 1.85 bits per heavy atom. The molecule has 0 aliphatic rings. The summed E-state index contributed by atoms with van der Waals surface area (Å²) in [6.45, 7) is 2.08. The monoisotopic (exact) mass is 281 g/mol. The molecule has 0 bridgehead atoms. The minimum Gasteiger partial charge on any atom is -0.508 e. The fourth-order valence-electron chi connectivity index (χ4n) is 1.85. The summed E-state index contributed by atoms with van der Waals surface area (Å²) in [5.41, 5.74) is 1.28. The Kier molecular flexibility index (Phi) is 3.88. The molecule has 0 amide bonds. The van der Waals surface area contributed by atoms with Crippen LogP contribution in [0.5, 0.6) is 5.75 Å². The molecule has 20 heavy (non-hydrogen) atoms. The molecule has 2 aromatic rings. The average Bonchev–Trinajstić information content (AvgIpc) is 2.36. The van der Waals surface area contributed by atoms with Gasteiger partial charge in [0.1, 0.15) is 5.75 Å². The van der Waals surface area contributed by atoms with Gasteiger partial charge in [-0.1, -0.05) is 18.2 Å². The van der Waals surface area contributed by atoms with E-state index >= 15 is 0 Å². The van der Waals surface area contributed by atoms with E-state index in [0.717, 1.165) is 23.3 Å². The molecule has 5 heteroatoms. The third-order valence-electron chi connectivity index (χ3n) is 2.96. The minimum absolute atomic E-state index is 0.130. The summed E-state index contributed by atoms with van der Waals surface area (Å²) < 4.78 is 38.0. The van der Waals surface area contributed by atoms with Gasteiger partial charge in [-0.25, -0.2) is 0 Å². The SMILES string of the molecule is Cc1ccc(C(F)(F)F)cc1NCc1cccc(O)c1. The topological polar surface area (TPSA) is 32.3 Å². The van der Waals surface area contributed by atoms with Gasteiger partial charge in [0.15, 0.2) is 0 Å². The Morgan fingerprint density at radius 1 is 1.10 bits per heavy atom. The highest BCUT2D eigenvalue weighted by Gasteiger charge is 2.30. The van der Waals surface area contributed by atoms with E-state index in [9.17, 15) is 18.3 Å². The van der Waals surface area contributed by atoms with Gasteiger partial charge in [0.2, 0.25) is 0 Å². The van der Waals surface area contributed by atoms with Crippen molar-refractivity contribution in [3.63, 3.8) is 0 Å². The molecule has 0 aliphatic heterocycles. The van der Waals surface area contributed by atoms with E-state index in [-0.39, 0.29) is 5.75 Å². The predicted molar refractivity (Wildman–Crippen MR) is 71.6 cm³/mol. The van der Waals surface area contributed by atoms with Gasteiger partial charge in [-0.3, -0.25) is 0 Å². The Balaban J connectivity index is 2.17. The molecule has 0 aromatic heterocycles. The van der Waals surface area contributed by atoms with Crippen LogP contribution in [0.15, 0.2) is 42.5 Å². The minimum atomic E-state index is -4.35. The largest absolute Gasteiger partial charge is 0.508 e. The van der Waals surface area contributed by atoms with Crippen LogP contribution < -0.4 is 5.32 Å². The lowest BCUT2D eigenvalue weighted by molar-refractivity contribution is -0.137. The van der Waals surface area contributed by atoms with Crippen molar-refractivity contribution in [3.05, 3.63) is 59.2 Å². The number of phenolic OH excluding ortho intramolecular Hbond substituents is 1. The standard InChI is InChI=1S/C15H14F3NO/c1-10-5-6-12(15(16,17)18)8-14(10)19-9-11-3-2-4-13(20)7-11/h2-8,19-20H,9H2,1H3. The van der Waals surface area contributed by atoms with Crippen molar-refractivity contribution in [2.75, 3.05) is 5.32 Å². The number of benzene rings is 2. The summed E-state index contributed by atoms with van der Waals surface area (Å²) in [7, 11) is 0.